The second kappa shape index (κ2) is 14.0. The summed E-state index contributed by atoms with van der Waals surface area (Å²) < 4.78 is 24.9. The van der Waals surface area contributed by atoms with Gasteiger partial charge in [0.05, 0.1) is 32.5 Å². The van der Waals surface area contributed by atoms with Gasteiger partial charge in [-0.05, 0) is 42.4 Å². The van der Waals surface area contributed by atoms with Crippen LogP contribution in [0.3, 0.4) is 0 Å². The Balaban J connectivity index is 1.29. The second-order valence-electron chi connectivity index (χ2n) is 8.72. The molecule has 4 nitrogen and oxygen atoms in total. The van der Waals surface area contributed by atoms with Crippen molar-refractivity contribution in [3.63, 3.8) is 0 Å². The Morgan fingerprint density at radius 3 is 1.68 bits per heavy atom. The number of benzene rings is 3. The lowest BCUT2D eigenvalue weighted by Crippen LogP contribution is -2.50. The summed E-state index contributed by atoms with van der Waals surface area (Å²) in [5.74, 6) is 0. The van der Waals surface area contributed by atoms with Crippen LogP contribution in [0.5, 0.6) is 0 Å². The van der Waals surface area contributed by atoms with Crippen LogP contribution in [0.25, 0.3) is 0 Å². The average Bonchev–Trinajstić information content (AvgIpc) is 2.89. The van der Waals surface area contributed by atoms with Gasteiger partial charge in [0.1, 0.15) is 12.2 Å². The molecule has 3 aromatic rings. The van der Waals surface area contributed by atoms with Crippen LogP contribution >= 0.6 is 0 Å². The second-order valence-corrected chi connectivity index (χ2v) is 8.72. The predicted octanol–water partition coefficient (Wildman–Crippen LogP) is 5.29. The third kappa shape index (κ3) is 8.07. The van der Waals surface area contributed by atoms with Crippen molar-refractivity contribution >= 4 is 0 Å². The molecule has 180 valence electrons. The quantitative estimate of drug-likeness (QED) is 0.325. The van der Waals surface area contributed by atoms with Crippen molar-refractivity contribution in [2.75, 3.05) is 33.0 Å². The summed E-state index contributed by atoms with van der Waals surface area (Å²) in [6, 6.07) is 31.4. The van der Waals surface area contributed by atoms with E-state index in [0.717, 1.165) is 25.7 Å². The Hall–Kier alpha value is -2.50. The van der Waals surface area contributed by atoms with Gasteiger partial charge in [-0.2, -0.15) is 0 Å². The molecule has 4 rings (SSSR count). The number of hydrogen-bond donors (Lipinski definition) is 0. The van der Waals surface area contributed by atoms with E-state index in [2.05, 4.69) is 72.8 Å². The van der Waals surface area contributed by atoms with Crippen LogP contribution < -0.4 is 0 Å². The third-order valence-electron chi connectivity index (χ3n) is 6.24. The fourth-order valence-electron chi connectivity index (χ4n) is 4.33. The molecule has 1 heterocycles. The number of hydrogen-bond acceptors (Lipinski definition) is 4. The Labute approximate surface area is 203 Å². The molecular weight excluding hydrogens is 424 g/mol. The van der Waals surface area contributed by atoms with E-state index in [1.165, 1.54) is 16.7 Å². The predicted molar refractivity (Wildman–Crippen MR) is 135 cm³/mol. The SMILES string of the molecule is c1ccc(CCOC[C@H]2OCC[C@@H](OCCc3ccccc3)[C@@H]2OCCc2ccccc2)cc1. The molecule has 1 aliphatic heterocycles. The smallest absolute Gasteiger partial charge is 0.112 e. The normalized spacial score (nSPS) is 20.3. The molecule has 0 saturated carbocycles. The first-order valence-corrected chi connectivity index (χ1v) is 12.4. The Morgan fingerprint density at radius 1 is 0.618 bits per heavy atom. The zero-order valence-electron chi connectivity index (χ0n) is 19.9. The molecule has 0 aliphatic carbocycles. The fourth-order valence-corrected chi connectivity index (χ4v) is 4.33. The minimum absolute atomic E-state index is 0.0101. The van der Waals surface area contributed by atoms with Crippen LogP contribution in [-0.2, 0) is 38.2 Å². The van der Waals surface area contributed by atoms with Crippen molar-refractivity contribution in [1.29, 1.82) is 0 Å². The van der Waals surface area contributed by atoms with E-state index < -0.39 is 0 Å². The standard InChI is InChI=1S/C30H36O4/c1-4-10-25(11-5-1)16-20-31-24-29-30(34-22-18-27-14-8-3-9-15-27)28(19-23-33-29)32-21-17-26-12-6-2-7-13-26/h1-15,28-30H,16-24H2/t28-,29-,30+/m1/s1. The van der Waals surface area contributed by atoms with Crippen LogP contribution in [-0.4, -0.2) is 51.3 Å². The van der Waals surface area contributed by atoms with Gasteiger partial charge in [0.15, 0.2) is 0 Å². The molecule has 0 amide bonds. The molecule has 1 aliphatic rings. The lowest BCUT2D eigenvalue weighted by molar-refractivity contribution is -0.189. The van der Waals surface area contributed by atoms with E-state index in [9.17, 15) is 0 Å². The molecule has 0 aromatic heterocycles. The maximum atomic E-state index is 6.40. The van der Waals surface area contributed by atoms with Gasteiger partial charge in [0.2, 0.25) is 0 Å². The molecule has 34 heavy (non-hydrogen) atoms. The molecule has 4 heteroatoms. The van der Waals surface area contributed by atoms with Gasteiger partial charge < -0.3 is 18.9 Å². The summed E-state index contributed by atoms with van der Waals surface area (Å²) in [6.07, 6.45) is 3.25. The highest BCUT2D eigenvalue weighted by molar-refractivity contribution is 5.16. The zero-order chi connectivity index (χ0) is 23.3. The van der Waals surface area contributed by atoms with Gasteiger partial charge in [0.25, 0.3) is 0 Å². The maximum absolute atomic E-state index is 6.40. The number of ether oxygens (including phenoxy) is 4. The average molecular weight is 461 g/mol. The highest BCUT2D eigenvalue weighted by Gasteiger charge is 2.36. The van der Waals surface area contributed by atoms with E-state index in [4.69, 9.17) is 18.9 Å². The van der Waals surface area contributed by atoms with Crippen LogP contribution in [0, 0.1) is 0 Å². The fraction of sp³-hybridized carbons (Fsp3) is 0.400. The van der Waals surface area contributed by atoms with Crippen molar-refractivity contribution in [3.8, 4) is 0 Å². The van der Waals surface area contributed by atoms with Gasteiger partial charge in [-0.25, -0.2) is 0 Å². The van der Waals surface area contributed by atoms with E-state index in [0.29, 0.717) is 33.0 Å². The minimum atomic E-state index is -0.134. The maximum Gasteiger partial charge on any atom is 0.112 e. The summed E-state index contributed by atoms with van der Waals surface area (Å²) in [4.78, 5) is 0. The summed E-state index contributed by atoms with van der Waals surface area (Å²) >= 11 is 0. The van der Waals surface area contributed by atoms with Crippen LogP contribution in [0.15, 0.2) is 91.0 Å². The zero-order valence-corrected chi connectivity index (χ0v) is 19.9. The molecule has 0 spiro atoms. The Morgan fingerprint density at radius 2 is 1.12 bits per heavy atom. The van der Waals surface area contributed by atoms with Gasteiger partial charge in [-0.15, -0.1) is 0 Å². The largest absolute Gasteiger partial charge is 0.378 e. The molecule has 0 bridgehead atoms. The highest BCUT2D eigenvalue weighted by atomic mass is 16.6. The topological polar surface area (TPSA) is 36.9 Å². The van der Waals surface area contributed by atoms with Crippen molar-refractivity contribution in [1.82, 2.24) is 0 Å². The molecule has 0 radical (unpaired) electrons. The van der Waals surface area contributed by atoms with Gasteiger partial charge in [0, 0.05) is 6.61 Å². The van der Waals surface area contributed by atoms with Crippen molar-refractivity contribution in [2.24, 2.45) is 0 Å². The highest BCUT2D eigenvalue weighted by Crippen LogP contribution is 2.22. The lowest BCUT2D eigenvalue weighted by Gasteiger charge is -2.37. The van der Waals surface area contributed by atoms with Crippen LogP contribution in [0.1, 0.15) is 23.1 Å². The first kappa shape index (κ1) is 24.6. The summed E-state index contributed by atoms with van der Waals surface area (Å²) in [5.41, 5.74) is 3.85. The molecule has 1 fully saturated rings. The van der Waals surface area contributed by atoms with E-state index >= 15 is 0 Å². The van der Waals surface area contributed by atoms with Crippen molar-refractivity contribution < 1.29 is 18.9 Å². The monoisotopic (exact) mass is 460 g/mol. The molecule has 3 aromatic carbocycles. The van der Waals surface area contributed by atoms with E-state index in [-0.39, 0.29) is 18.3 Å². The third-order valence-corrected chi connectivity index (χ3v) is 6.24. The molecule has 0 N–H and O–H groups in total. The first-order chi connectivity index (χ1) is 16.9. The molecule has 0 unspecified atom stereocenters. The summed E-state index contributed by atoms with van der Waals surface area (Å²) in [7, 11) is 0. The van der Waals surface area contributed by atoms with E-state index in [1.54, 1.807) is 0 Å². The van der Waals surface area contributed by atoms with Crippen LogP contribution in [0.4, 0.5) is 0 Å². The van der Waals surface area contributed by atoms with Crippen LogP contribution in [0.2, 0.25) is 0 Å². The molecular formula is C30H36O4. The summed E-state index contributed by atoms with van der Waals surface area (Å²) in [5, 5.41) is 0. The Kier molecular flexibility index (Phi) is 10.2. The number of rotatable bonds is 13. The Bertz CT molecular complexity index is 916. The van der Waals surface area contributed by atoms with Crippen molar-refractivity contribution in [3.05, 3.63) is 108 Å². The summed E-state index contributed by atoms with van der Waals surface area (Å²) in [6.45, 7) is 3.16. The van der Waals surface area contributed by atoms with Gasteiger partial charge >= 0.3 is 0 Å². The molecule has 1 saturated heterocycles. The van der Waals surface area contributed by atoms with Crippen molar-refractivity contribution in [2.45, 2.75) is 44.0 Å². The molecule has 3 atom stereocenters. The van der Waals surface area contributed by atoms with Gasteiger partial charge in [-0.1, -0.05) is 91.0 Å². The first-order valence-electron chi connectivity index (χ1n) is 12.4. The lowest BCUT2D eigenvalue weighted by atomic mass is 10.0. The van der Waals surface area contributed by atoms with E-state index in [1.807, 2.05) is 18.2 Å². The van der Waals surface area contributed by atoms with Gasteiger partial charge in [-0.3, -0.25) is 0 Å². The minimum Gasteiger partial charge on any atom is -0.378 e.